The molecule has 4 heteroatoms. The monoisotopic (exact) mass is 338 g/mol. The number of benzene rings is 1. The van der Waals surface area contributed by atoms with Gasteiger partial charge in [0.25, 0.3) is 5.91 Å². The molecule has 20 heavy (non-hydrogen) atoms. The van der Waals surface area contributed by atoms with Gasteiger partial charge in [-0.05, 0) is 62.5 Å². The summed E-state index contributed by atoms with van der Waals surface area (Å²) >= 11 is 3.41. The summed E-state index contributed by atoms with van der Waals surface area (Å²) in [7, 11) is 0. The Morgan fingerprint density at radius 1 is 1.30 bits per heavy atom. The number of amides is 1. The van der Waals surface area contributed by atoms with Crippen LogP contribution in [0.4, 0.5) is 0 Å². The summed E-state index contributed by atoms with van der Waals surface area (Å²) < 4.78 is 1.01. The summed E-state index contributed by atoms with van der Waals surface area (Å²) in [6.07, 6.45) is 3.36. The van der Waals surface area contributed by atoms with Crippen LogP contribution in [0.3, 0.4) is 0 Å². The highest BCUT2D eigenvalue weighted by atomic mass is 79.9. The summed E-state index contributed by atoms with van der Waals surface area (Å²) in [5, 5.41) is 3.38. The number of nitrogens with zero attached hydrogens (tertiary/aromatic N) is 1. The molecule has 0 unspecified atom stereocenters. The molecule has 1 aromatic carbocycles. The minimum atomic E-state index is 0.165. The molecule has 1 saturated heterocycles. The standard InChI is InChI=1S/C16H23BrN2O/c1-2-11-19(12-13-7-9-18-10-8-13)16(20)14-3-5-15(17)6-4-14/h3-6,13,18H,2,7-12H2,1H3. The highest BCUT2D eigenvalue weighted by Gasteiger charge is 2.21. The van der Waals surface area contributed by atoms with Gasteiger partial charge in [-0.1, -0.05) is 22.9 Å². The van der Waals surface area contributed by atoms with Gasteiger partial charge in [0.2, 0.25) is 0 Å². The fraction of sp³-hybridized carbons (Fsp3) is 0.562. The molecular formula is C16H23BrN2O. The van der Waals surface area contributed by atoms with E-state index >= 15 is 0 Å². The Labute approximate surface area is 129 Å². The Bertz CT molecular complexity index is 427. The third-order valence-electron chi connectivity index (χ3n) is 3.81. The fourth-order valence-corrected chi connectivity index (χ4v) is 2.96. The van der Waals surface area contributed by atoms with E-state index in [2.05, 4.69) is 28.2 Å². The van der Waals surface area contributed by atoms with Crippen LogP contribution in [-0.2, 0) is 0 Å². The lowest BCUT2D eigenvalue weighted by Crippen LogP contribution is -2.39. The van der Waals surface area contributed by atoms with Crippen LogP contribution in [0.1, 0.15) is 36.5 Å². The van der Waals surface area contributed by atoms with Crippen molar-refractivity contribution in [2.45, 2.75) is 26.2 Å². The van der Waals surface area contributed by atoms with Gasteiger partial charge < -0.3 is 10.2 Å². The molecule has 0 spiro atoms. The average Bonchev–Trinajstić information content (AvgIpc) is 2.48. The predicted molar refractivity (Wildman–Crippen MR) is 85.9 cm³/mol. The fourth-order valence-electron chi connectivity index (χ4n) is 2.70. The average molecular weight is 339 g/mol. The Morgan fingerprint density at radius 2 is 1.95 bits per heavy atom. The van der Waals surface area contributed by atoms with Crippen molar-refractivity contribution in [3.63, 3.8) is 0 Å². The Morgan fingerprint density at radius 3 is 2.55 bits per heavy atom. The van der Waals surface area contributed by atoms with E-state index in [4.69, 9.17) is 0 Å². The van der Waals surface area contributed by atoms with Crippen molar-refractivity contribution in [1.82, 2.24) is 10.2 Å². The summed E-state index contributed by atoms with van der Waals surface area (Å²) in [5.41, 5.74) is 0.788. The lowest BCUT2D eigenvalue weighted by molar-refractivity contribution is 0.0716. The van der Waals surface area contributed by atoms with Crippen molar-refractivity contribution in [2.75, 3.05) is 26.2 Å². The smallest absolute Gasteiger partial charge is 0.253 e. The molecular weight excluding hydrogens is 316 g/mol. The minimum Gasteiger partial charge on any atom is -0.338 e. The number of halogens is 1. The molecule has 0 aromatic heterocycles. The first-order chi connectivity index (χ1) is 9.70. The Balaban J connectivity index is 2.02. The van der Waals surface area contributed by atoms with E-state index < -0.39 is 0 Å². The van der Waals surface area contributed by atoms with E-state index in [1.165, 1.54) is 12.8 Å². The first-order valence-corrected chi connectivity index (χ1v) is 8.25. The summed E-state index contributed by atoms with van der Waals surface area (Å²) in [4.78, 5) is 14.6. The van der Waals surface area contributed by atoms with Crippen LogP contribution in [0, 0.1) is 5.92 Å². The first-order valence-electron chi connectivity index (χ1n) is 7.46. The maximum atomic E-state index is 12.6. The number of hydrogen-bond donors (Lipinski definition) is 1. The Hall–Kier alpha value is -0.870. The molecule has 1 amide bonds. The topological polar surface area (TPSA) is 32.3 Å². The normalized spacial score (nSPS) is 16.1. The molecule has 0 radical (unpaired) electrons. The molecule has 1 heterocycles. The zero-order valence-corrected chi connectivity index (χ0v) is 13.7. The van der Waals surface area contributed by atoms with Crippen LogP contribution in [-0.4, -0.2) is 37.0 Å². The van der Waals surface area contributed by atoms with Crippen molar-refractivity contribution in [3.05, 3.63) is 34.3 Å². The van der Waals surface area contributed by atoms with Gasteiger partial charge >= 0.3 is 0 Å². The number of carbonyl (C=O) groups excluding carboxylic acids is 1. The molecule has 110 valence electrons. The van der Waals surface area contributed by atoms with Crippen LogP contribution in [0.2, 0.25) is 0 Å². The number of rotatable bonds is 5. The molecule has 0 saturated carbocycles. The Kier molecular flexibility index (Phi) is 6.05. The highest BCUT2D eigenvalue weighted by molar-refractivity contribution is 9.10. The van der Waals surface area contributed by atoms with Crippen LogP contribution in [0.15, 0.2) is 28.7 Å². The second-order valence-electron chi connectivity index (χ2n) is 5.45. The number of hydrogen-bond acceptors (Lipinski definition) is 2. The summed E-state index contributed by atoms with van der Waals surface area (Å²) in [6.45, 7) is 6.03. The van der Waals surface area contributed by atoms with Crippen LogP contribution in [0.25, 0.3) is 0 Å². The third kappa shape index (κ3) is 4.32. The summed E-state index contributed by atoms with van der Waals surface area (Å²) in [5.74, 6) is 0.806. The number of nitrogens with one attached hydrogen (secondary N) is 1. The van der Waals surface area contributed by atoms with Crippen LogP contribution in [0.5, 0.6) is 0 Å². The van der Waals surface area contributed by atoms with E-state index in [-0.39, 0.29) is 5.91 Å². The van der Waals surface area contributed by atoms with Crippen molar-refractivity contribution in [3.8, 4) is 0 Å². The minimum absolute atomic E-state index is 0.165. The molecule has 1 aromatic rings. The zero-order chi connectivity index (χ0) is 14.4. The molecule has 1 aliphatic rings. The SMILES string of the molecule is CCCN(CC1CCNCC1)C(=O)c1ccc(Br)cc1. The van der Waals surface area contributed by atoms with Crippen molar-refractivity contribution in [2.24, 2.45) is 5.92 Å². The van der Waals surface area contributed by atoms with Gasteiger partial charge in [-0.3, -0.25) is 4.79 Å². The highest BCUT2D eigenvalue weighted by Crippen LogP contribution is 2.17. The zero-order valence-electron chi connectivity index (χ0n) is 12.1. The van der Waals surface area contributed by atoms with E-state index in [0.29, 0.717) is 5.92 Å². The lowest BCUT2D eigenvalue weighted by Gasteiger charge is -2.30. The summed E-state index contributed by atoms with van der Waals surface area (Å²) in [6, 6.07) is 7.67. The van der Waals surface area contributed by atoms with Gasteiger partial charge in [-0.25, -0.2) is 0 Å². The van der Waals surface area contributed by atoms with Gasteiger partial charge in [-0.2, -0.15) is 0 Å². The second kappa shape index (κ2) is 7.79. The van der Waals surface area contributed by atoms with Gasteiger partial charge in [0.1, 0.15) is 0 Å². The van der Waals surface area contributed by atoms with E-state index in [0.717, 1.165) is 42.6 Å². The molecule has 0 aliphatic carbocycles. The van der Waals surface area contributed by atoms with Crippen molar-refractivity contribution >= 4 is 21.8 Å². The quantitative estimate of drug-likeness (QED) is 0.893. The van der Waals surface area contributed by atoms with E-state index in [1.807, 2.05) is 29.2 Å². The van der Waals surface area contributed by atoms with E-state index in [9.17, 15) is 4.79 Å². The predicted octanol–water partition coefficient (Wildman–Crippen LogP) is 3.30. The maximum Gasteiger partial charge on any atom is 0.253 e. The van der Waals surface area contributed by atoms with Gasteiger partial charge in [0, 0.05) is 23.1 Å². The van der Waals surface area contributed by atoms with Crippen LogP contribution < -0.4 is 5.32 Å². The first kappa shape index (κ1) is 15.5. The maximum absolute atomic E-state index is 12.6. The molecule has 1 aliphatic heterocycles. The van der Waals surface area contributed by atoms with Crippen LogP contribution >= 0.6 is 15.9 Å². The number of piperidine rings is 1. The molecule has 0 bridgehead atoms. The van der Waals surface area contributed by atoms with Gasteiger partial charge in [0.05, 0.1) is 0 Å². The molecule has 0 atom stereocenters. The molecule has 2 rings (SSSR count). The van der Waals surface area contributed by atoms with Crippen molar-refractivity contribution in [1.29, 1.82) is 0 Å². The molecule has 3 nitrogen and oxygen atoms in total. The molecule has 1 N–H and O–H groups in total. The lowest BCUT2D eigenvalue weighted by atomic mass is 9.97. The molecule has 1 fully saturated rings. The number of carbonyl (C=O) groups is 1. The van der Waals surface area contributed by atoms with E-state index in [1.54, 1.807) is 0 Å². The third-order valence-corrected chi connectivity index (χ3v) is 4.34. The van der Waals surface area contributed by atoms with Gasteiger partial charge in [0.15, 0.2) is 0 Å². The van der Waals surface area contributed by atoms with Crippen molar-refractivity contribution < 1.29 is 4.79 Å². The second-order valence-corrected chi connectivity index (χ2v) is 6.37. The largest absolute Gasteiger partial charge is 0.338 e. The van der Waals surface area contributed by atoms with Gasteiger partial charge in [-0.15, -0.1) is 0 Å².